The van der Waals surface area contributed by atoms with Crippen LogP contribution in [-0.2, 0) is 19.5 Å². The topological polar surface area (TPSA) is 6.48 Å². The molecule has 0 radical (unpaired) electrons. The van der Waals surface area contributed by atoms with E-state index in [2.05, 4.69) is 71.4 Å². The molecule has 2 aliphatic rings. The lowest BCUT2D eigenvalue weighted by molar-refractivity contribution is 0.211. The predicted molar refractivity (Wildman–Crippen MR) is 131 cm³/mol. The SMILES string of the molecule is CN1CCC[C@H]1CCN(Cc1ccc(Cl)cc1)Cc1ccc2c(c1)Cc1ccccc1-2. The van der Waals surface area contributed by atoms with Gasteiger partial charge in [0.25, 0.3) is 0 Å². The lowest BCUT2D eigenvalue weighted by Crippen LogP contribution is -2.31. The molecule has 160 valence electrons. The average molecular weight is 431 g/mol. The monoisotopic (exact) mass is 430 g/mol. The minimum atomic E-state index is 0.724. The molecule has 2 nitrogen and oxygen atoms in total. The van der Waals surface area contributed by atoms with Crippen molar-refractivity contribution < 1.29 is 0 Å². The summed E-state index contributed by atoms with van der Waals surface area (Å²) >= 11 is 6.11. The molecule has 1 atom stereocenters. The third-order valence-electron chi connectivity index (χ3n) is 7.03. The molecular formula is C28H31ClN2. The van der Waals surface area contributed by atoms with Crippen molar-refractivity contribution in [3.8, 4) is 11.1 Å². The van der Waals surface area contributed by atoms with E-state index in [4.69, 9.17) is 11.6 Å². The van der Waals surface area contributed by atoms with Gasteiger partial charge in [0.05, 0.1) is 0 Å². The molecule has 3 heteroatoms. The minimum Gasteiger partial charge on any atom is -0.303 e. The fourth-order valence-electron chi connectivity index (χ4n) is 5.29. The minimum absolute atomic E-state index is 0.724. The van der Waals surface area contributed by atoms with Crippen molar-refractivity contribution in [2.75, 3.05) is 20.1 Å². The molecule has 1 saturated heterocycles. The van der Waals surface area contributed by atoms with Gasteiger partial charge in [-0.2, -0.15) is 0 Å². The lowest BCUT2D eigenvalue weighted by atomic mass is 10.0. The summed E-state index contributed by atoms with van der Waals surface area (Å²) < 4.78 is 0. The standard InChI is InChI=1S/C28H31ClN2/c1-30-15-4-6-26(30)14-16-31(19-21-8-11-25(29)12-9-21)20-22-10-13-28-24(17-22)18-23-5-2-3-7-27(23)28/h2-3,5,7-13,17,26H,4,6,14-16,18-20H2,1H3/t26-/m0/s1. The number of hydrogen-bond acceptors (Lipinski definition) is 2. The summed E-state index contributed by atoms with van der Waals surface area (Å²) in [4.78, 5) is 5.15. The maximum absolute atomic E-state index is 6.11. The van der Waals surface area contributed by atoms with Gasteiger partial charge in [-0.1, -0.05) is 66.2 Å². The second kappa shape index (κ2) is 9.16. The first-order valence-electron chi connectivity index (χ1n) is 11.5. The van der Waals surface area contributed by atoms with Crippen molar-refractivity contribution in [2.24, 2.45) is 0 Å². The smallest absolute Gasteiger partial charge is 0.0406 e. The molecule has 3 aromatic carbocycles. The van der Waals surface area contributed by atoms with E-state index in [9.17, 15) is 0 Å². The Labute approximate surface area is 191 Å². The van der Waals surface area contributed by atoms with Crippen LogP contribution in [0.3, 0.4) is 0 Å². The third kappa shape index (κ3) is 4.72. The lowest BCUT2D eigenvalue weighted by Gasteiger charge is -2.27. The Morgan fingerprint density at radius 3 is 2.45 bits per heavy atom. The van der Waals surface area contributed by atoms with Crippen molar-refractivity contribution in [3.63, 3.8) is 0 Å². The summed E-state index contributed by atoms with van der Waals surface area (Å²) in [5.41, 5.74) is 8.50. The van der Waals surface area contributed by atoms with Crippen molar-refractivity contribution in [1.29, 1.82) is 0 Å². The largest absolute Gasteiger partial charge is 0.303 e. The van der Waals surface area contributed by atoms with E-state index in [1.54, 1.807) is 0 Å². The maximum atomic E-state index is 6.11. The molecule has 31 heavy (non-hydrogen) atoms. The van der Waals surface area contributed by atoms with E-state index in [0.29, 0.717) is 0 Å². The van der Waals surface area contributed by atoms with Crippen molar-refractivity contribution in [2.45, 2.75) is 44.8 Å². The van der Waals surface area contributed by atoms with E-state index in [-0.39, 0.29) is 0 Å². The molecular weight excluding hydrogens is 400 g/mol. The number of hydrogen-bond donors (Lipinski definition) is 0. The molecule has 5 rings (SSSR count). The van der Waals surface area contributed by atoms with Gasteiger partial charge in [0.1, 0.15) is 0 Å². The third-order valence-corrected chi connectivity index (χ3v) is 7.29. The molecule has 3 aromatic rings. The fourth-order valence-corrected chi connectivity index (χ4v) is 5.42. The zero-order valence-electron chi connectivity index (χ0n) is 18.4. The summed E-state index contributed by atoms with van der Waals surface area (Å²) in [6.07, 6.45) is 4.97. The van der Waals surface area contributed by atoms with Crippen LogP contribution in [0.4, 0.5) is 0 Å². The van der Waals surface area contributed by atoms with Crippen molar-refractivity contribution >= 4 is 11.6 Å². The van der Waals surface area contributed by atoms with Crippen LogP contribution in [0.5, 0.6) is 0 Å². The Morgan fingerprint density at radius 1 is 0.903 bits per heavy atom. The first kappa shape index (κ1) is 20.8. The van der Waals surface area contributed by atoms with Gasteiger partial charge >= 0.3 is 0 Å². The quantitative estimate of drug-likeness (QED) is 0.334. The van der Waals surface area contributed by atoms with Crippen LogP contribution in [0, 0.1) is 0 Å². The van der Waals surface area contributed by atoms with Crippen LogP contribution in [0.15, 0.2) is 66.7 Å². The molecule has 0 N–H and O–H groups in total. The van der Waals surface area contributed by atoms with Crippen LogP contribution in [0.2, 0.25) is 5.02 Å². The highest BCUT2D eigenvalue weighted by Crippen LogP contribution is 2.37. The second-order valence-corrected chi connectivity index (χ2v) is 9.66. The van der Waals surface area contributed by atoms with Crippen LogP contribution in [0.1, 0.15) is 41.5 Å². The van der Waals surface area contributed by atoms with Crippen LogP contribution in [-0.4, -0.2) is 36.0 Å². The molecule has 0 aromatic heterocycles. The number of fused-ring (bicyclic) bond motifs is 3. The van der Waals surface area contributed by atoms with Gasteiger partial charge in [0, 0.05) is 30.7 Å². The van der Waals surface area contributed by atoms with E-state index in [1.165, 1.54) is 59.2 Å². The Balaban J connectivity index is 1.32. The first-order valence-corrected chi connectivity index (χ1v) is 11.9. The van der Waals surface area contributed by atoms with Gasteiger partial charge < -0.3 is 4.90 Å². The predicted octanol–water partition coefficient (Wildman–Crippen LogP) is 6.40. The number of rotatable bonds is 7. The van der Waals surface area contributed by atoms with Crippen molar-refractivity contribution in [1.82, 2.24) is 9.80 Å². The van der Waals surface area contributed by atoms with Crippen LogP contribution in [0.25, 0.3) is 11.1 Å². The molecule has 1 aliphatic carbocycles. The molecule has 1 heterocycles. The van der Waals surface area contributed by atoms with Gasteiger partial charge in [0.15, 0.2) is 0 Å². The highest BCUT2D eigenvalue weighted by atomic mass is 35.5. The zero-order valence-corrected chi connectivity index (χ0v) is 19.1. The maximum Gasteiger partial charge on any atom is 0.0406 e. The summed E-state index contributed by atoms with van der Waals surface area (Å²) in [5.74, 6) is 0. The summed E-state index contributed by atoms with van der Waals surface area (Å²) in [7, 11) is 2.28. The highest BCUT2D eigenvalue weighted by molar-refractivity contribution is 6.30. The Bertz CT molecular complexity index is 1040. The summed E-state index contributed by atoms with van der Waals surface area (Å²) in [6, 6.07) is 25.0. The number of benzene rings is 3. The van der Waals surface area contributed by atoms with Gasteiger partial charge in [0.2, 0.25) is 0 Å². The van der Waals surface area contributed by atoms with E-state index < -0.39 is 0 Å². The van der Waals surface area contributed by atoms with Crippen LogP contribution < -0.4 is 0 Å². The molecule has 0 bridgehead atoms. The normalized spacial score (nSPS) is 17.8. The molecule has 0 saturated carbocycles. The molecule has 0 amide bonds. The van der Waals surface area contributed by atoms with Gasteiger partial charge in [-0.25, -0.2) is 0 Å². The molecule has 1 aliphatic heterocycles. The van der Waals surface area contributed by atoms with Gasteiger partial charge in [-0.05, 0) is 84.8 Å². The average Bonchev–Trinajstić information content (AvgIpc) is 3.36. The summed E-state index contributed by atoms with van der Waals surface area (Å²) in [6.45, 7) is 4.32. The number of nitrogens with zero attached hydrogens (tertiary/aromatic N) is 2. The number of likely N-dealkylation sites (tertiary alicyclic amines) is 1. The van der Waals surface area contributed by atoms with Gasteiger partial charge in [-0.15, -0.1) is 0 Å². The van der Waals surface area contributed by atoms with E-state index in [1.807, 2.05) is 12.1 Å². The first-order chi connectivity index (χ1) is 15.2. The van der Waals surface area contributed by atoms with Gasteiger partial charge in [-0.3, -0.25) is 4.90 Å². The summed E-state index contributed by atoms with van der Waals surface area (Å²) in [5, 5.41) is 0.807. The van der Waals surface area contributed by atoms with E-state index in [0.717, 1.165) is 37.1 Å². The fraction of sp³-hybridized carbons (Fsp3) is 0.357. The Kier molecular flexibility index (Phi) is 6.13. The molecule has 1 fully saturated rings. The zero-order chi connectivity index (χ0) is 21.2. The Hall–Kier alpha value is -2.13. The number of halogens is 1. The van der Waals surface area contributed by atoms with E-state index >= 15 is 0 Å². The molecule has 0 unspecified atom stereocenters. The Morgan fingerprint density at radius 2 is 1.65 bits per heavy atom. The van der Waals surface area contributed by atoms with Crippen LogP contribution >= 0.6 is 11.6 Å². The highest BCUT2D eigenvalue weighted by Gasteiger charge is 2.22. The molecule has 0 spiro atoms. The van der Waals surface area contributed by atoms with Crippen molar-refractivity contribution in [3.05, 3.63) is 94.0 Å². The second-order valence-electron chi connectivity index (χ2n) is 9.23.